The van der Waals surface area contributed by atoms with Gasteiger partial charge < -0.3 is 9.88 Å². The Bertz CT molecular complexity index is 891. The number of halogens is 2. The van der Waals surface area contributed by atoms with Crippen molar-refractivity contribution in [3.05, 3.63) is 59.1 Å². The van der Waals surface area contributed by atoms with Gasteiger partial charge in [0.1, 0.15) is 10.8 Å². The van der Waals surface area contributed by atoms with Crippen LogP contribution in [0.25, 0.3) is 10.6 Å². The lowest BCUT2D eigenvalue weighted by Crippen LogP contribution is -2.46. The molecule has 1 saturated heterocycles. The van der Waals surface area contributed by atoms with E-state index >= 15 is 0 Å². The second-order valence-electron chi connectivity index (χ2n) is 7.50. The molecule has 4 rings (SSSR count). The molecule has 1 N–H and O–H groups in total. The molecule has 3 aromatic rings. The molecule has 0 aliphatic carbocycles. The molecule has 3 heterocycles. The highest BCUT2D eigenvalue weighted by atomic mass is 35.5. The van der Waals surface area contributed by atoms with Crippen molar-refractivity contribution < 1.29 is 0 Å². The average Bonchev–Trinajstić information content (AvgIpc) is 3.31. The zero-order valence-electron chi connectivity index (χ0n) is 17.0. The van der Waals surface area contributed by atoms with Crippen LogP contribution in [0.1, 0.15) is 42.1 Å². The third-order valence-corrected chi connectivity index (χ3v) is 6.28. The van der Waals surface area contributed by atoms with Crippen molar-refractivity contribution in [3.8, 4) is 10.6 Å². The van der Waals surface area contributed by atoms with Gasteiger partial charge in [-0.3, -0.25) is 4.90 Å². The molecule has 1 unspecified atom stereocenters. The van der Waals surface area contributed by atoms with Gasteiger partial charge in [0.2, 0.25) is 0 Å². The Morgan fingerprint density at radius 1 is 1.17 bits per heavy atom. The fourth-order valence-electron chi connectivity index (χ4n) is 3.61. The minimum atomic E-state index is 0. The Morgan fingerprint density at radius 2 is 1.93 bits per heavy atom. The molecule has 0 radical (unpaired) electrons. The molecule has 1 aromatic carbocycles. The molecule has 0 saturated carbocycles. The standard InChI is InChI=1S/C21H27N5S.2ClH/c1-15(2)16-4-6-17(7-5-16)21-24-12-18(27-21)14-26-11-8-22-13-19(26)20-23-9-10-25(20)3;;/h4-7,9-10,12,15,19,22H,8,11,13-14H2,1-3H3;2*1H. The second kappa shape index (κ2) is 10.5. The Balaban J connectivity index is 0.00000150. The summed E-state index contributed by atoms with van der Waals surface area (Å²) in [6.45, 7) is 8.34. The van der Waals surface area contributed by atoms with Crippen molar-refractivity contribution in [2.75, 3.05) is 19.6 Å². The summed E-state index contributed by atoms with van der Waals surface area (Å²) in [4.78, 5) is 13.1. The normalized spacial score (nSPS) is 17.0. The van der Waals surface area contributed by atoms with Gasteiger partial charge in [0.05, 0.1) is 6.04 Å². The molecule has 1 aliphatic rings. The number of nitrogens with zero attached hydrogens (tertiary/aromatic N) is 4. The minimum absolute atomic E-state index is 0. The van der Waals surface area contributed by atoms with E-state index in [1.807, 2.05) is 18.6 Å². The lowest BCUT2D eigenvalue weighted by molar-refractivity contribution is 0.146. The summed E-state index contributed by atoms with van der Waals surface area (Å²) < 4.78 is 2.12. The third-order valence-electron chi connectivity index (χ3n) is 5.25. The first-order valence-electron chi connectivity index (χ1n) is 9.59. The number of hydrogen-bond donors (Lipinski definition) is 1. The van der Waals surface area contributed by atoms with Crippen LogP contribution in [-0.2, 0) is 13.6 Å². The highest BCUT2D eigenvalue weighted by Crippen LogP contribution is 2.29. The van der Waals surface area contributed by atoms with Crippen LogP contribution >= 0.6 is 36.2 Å². The van der Waals surface area contributed by atoms with E-state index in [9.17, 15) is 0 Å². The maximum absolute atomic E-state index is 4.69. The quantitative estimate of drug-likeness (QED) is 0.609. The van der Waals surface area contributed by atoms with Crippen molar-refractivity contribution in [2.45, 2.75) is 32.4 Å². The van der Waals surface area contributed by atoms with Crippen LogP contribution < -0.4 is 5.32 Å². The van der Waals surface area contributed by atoms with Gasteiger partial charge in [0.15, 0.2) is 0 Å². The van der Waals surface area contributed by atoms with Crippen LogP contribution in [0, 0.1) is 0 Å². The van der Waals surface area contributed by atoms with Gasteiger partial charge in [-0.15, -0.1) is 36.2 Å². The lowest BCUT2D eigenvalue weighted by Gasteiger charge is -2.35. The zero-order valence-corrected chi connectivity index (χ0v) is 19.5. The summed E-state index contributed by atoms with van der Waals surface area (Å²) in [5, 5.41) is 4.61. The van der Waals surface area contributed by atoms with Gasteiger partial charge in [0.25, 0.3) is 0 Å². The SMILES string of the molecule is CC(C)c1ccc(-c2ncc(CN3CCNCC3c3nccn3C)s2)cc1.Cl.Cl. The number of rotatable bonds is 5. The van der Waals surface area contributed by atoms with E-state index in [-0.39, 0.29) is 24.8 Å². The number of nitrogens with one attached hydrogen (secondary N) is 1. The van der Waals surface area contributed by atoms with Gasteiger partial charge in [-0.2, -0.15) is 0 Å². The fraction of sp³-hybridized carbons (Fsp3) is 0.429. The number of benzene rings is 1. The molecular formula is C21H29Cl2N5S. The van der Waals surface area contributed by atoms with Crippen LogP contribution in [0.4, 0.5) is 0 Å². The molecule has 1 aliphatic heterocycles. The first-order valence-corrected chi connectivity index (χ1v) is 10.4. The smallest absolute Gasteiger partial charge is 0.127 e. The predicted molar refractivity (Wildman–Crippen MR) is 125 cm³/mol. The molecule has 29 heavy (non-hydrogen) atoms. The topological polar surface area (TPSA) is 46.0 Å². The second-order valence-corrected chi connectivity index (χ2v) is 8.61. The van der Waals surface area contributed by atoms with Crippen molar-refractivity contribution in [1.82, 2.24) is 24.8 Å². The summed E-state index contributed by atoms with van der Waals surface area (Å²) in [5.74, 6) is 1.68. The van der Waals surface area contributed by atoms with E-state index in [1.165, 1.54) is 16.0 Å². The van der Waals surface area contributed by atoms with E-state index in [2.05, 4.69) is 69.9 Å². The molecule has 0 bridgehead atoms. The highest BCUT2D eigenvalue weighted by Gasteiger charge is 2.27. The molecule has 0 amide bonds. The summed E-state index contributed by atoms with van der Waals surface area (Å²) in [7, 11) is 2.07. The van der Waals surface area contributed by atoms with Crippen molar-refractivity contribution in [3.63, 3.8) is 0 Å². The number of aromatic nitrogens is 3. The Morgan fingerprint density at radius 3 is 2.59 bits per heavy atom. The Labute approximate surface area is 189 Å². The van der Waals surface area contributed by atoms with E-state index in [0.29, 0.717) is 12.0 Å². The number of piperazine rings is 1. The predicted octanol–water partition coefficient (Wildman–Crippen LogP) is 4.66. The molecule has 5 nitrogen and oxygen atoms in total. The Hall–Kier alpha value is -1.44. The maximum atomic E-state index is 4.69. The van der Waals surface area contributed by atoms with Crippen molar-refractivity contribution >= 4 is 36.2 Å². The minimum Gasteiger partial charge on any atom is -0.337 e. The summed E-state index contributed by atoms with van der Waals surface area (Å²) in [6, 6.07) is 9.12. The fourth-order valence-corrected chi connectivity index (χ4v) is 4.56. The first kappa shape index (κ1) is 23.8. The number of hydrogen-bond acceptors (Lipinski definition) is 5. The average molecular weight is 454 g/mol. The summed E-state index contributed by atoms with van der Waals surface area (Å²) in [6.07, 6.45) is 5.94. The first-order chi connectivity index (χ1) is 13.1. The van der Waals surface area contributed by atoms with Crippen LogP contribution in [0.15, 0.2) is 42.9 Å². The van der Waals surface area contributed by atoms with Gasteiger partial charge in [-0.1, -0.05) is 38.1 Å². The van der Waals surface area contributed by atoms with Crippen LogP contribution in [-0.4, -0.2) is 39.1 Å². The van der Waals surface area contributed by atoms with E-state index < -0.39 is 0 Å². The molecule has 0 spiro atoms. The van der Waals surface area contributed by atoms with E-state index in [0.717, 1.165) is 37.0 Å². The zero-order chi connectivity index (χ0) is 18.8. The van der Waals surface area contributed by atoms with Crippen LogP contribution in [0.3, 0.4) is 0 Å². The van der Waals surface area contributed by atoms with Gasteiger partial charge in [-0.05, 0) is 11.5 Å². The van der Waals surface area contributed by atoms with Gasteiger partial charge in [-0.25, -0.2) is 9.97 Å². The number of imidazole rings is 1. The van der Waals surface area contributed by atoms with Gasteiger partial charge in [0, 0.05) is 62.3 Å². The van der Waals surface area contributed by atoms with Crippen molar-refractivity contribution in [2.24, 2.45) is 7.05 Å². The highest BCUT2D eigenvalue weighted by molar-refractivity contribution is 7.15. The van der Waals surface area contributed by atoms with Gasteiger partial charge >= 0.3 is 0 Å². The van der Waals surface area contributed by atoms with Crippen LogP contribution in [0.2, 0.25) is 0 Å². The lowest BCUT2D eigenvalue weighted by atomic mass is 10.0. The van der Waals surface area contributed by atoms with Crippen molar-refractivity contribution in [1.29, 1.82) is 0 Å². The Kier molecular flexibility index (Phi) is 8.67. The molecule has 158 valence electrons. The molecule has 8 heteroatoms. The number of aryl methyl sites for hydroxylation is 1. The monoisotopic (exact) mass is 453 g/mol. The molecule has 2 aromatic heterocycles. The van der Waals surface area contributed by atoms with E-state index in [1.54, 1.807) is 11.3 Å². The molecule has 1 atom stereocenters. The van der Waals surface area contributed by atoms with Crippen LogP contribution in [0.5, 0.6) is 0 Å². The summed E-state index contributed by atoms with van der Waals surface area (Å²) >= 11 is 1.80. The molecular weight excluding hydrogens is 425 g/mol. The maximum Gasteiger partial charge on any atom is 0.127 e. The van der Waals surface area contributed by atoms with E-state index in [4.69, 9.17) is 0 Å². The number of thiazole rings is 1. The summed E-state index contributed by atoms with van der Waals surface area (Å²) in [5.41, 5.74) is 2.57. The largest absolute Gasteiger partial charge is 0.337 e. The third kappa shape index (κ3) is 5.38. The molecule has 1 fully saturated rings.